The van der Waals surface area contributed by atoms with Crippen molar-refractivity contribution in [1.29, 1.82) is 0 Å². The molecule has 2 aromatic heterocycles. The van der Waals surface area contributed by atoms with Gasteiger partial charge in [0.25, 0.3) is 5.91 Å². The molecule has 1 aliphatic rings. The Morgan fingerprint density at radius 2 is 1.79 bits per heavy atom. The molecule has 6 heteroatoms. The van der Waals surface area contributed by atoms with E-state index in [9.17, 15) is 9.18 Å². The van der Waals surface area contributed by atoms with Crippen molar-refractivity contribution >= 4 is 16.8 Å². The molecule has 1 saturated heterocycles. The number of pyridine rings is 1. The summed E-state index contributed by atoms with van der Waals surface area (Å²) in [6, 6.07) is 17.2. The van der Waals surface area contributed by atoms with E-state index in [4.69, 9.17) is 5.73 Å². The van der Waals surface area contributed by atoms with Crippen LogP contribution in [0.5, 0.6) is 0 Å². The van der Waals surface area contributed by atoms with Gasteiger partial charge in [-0.3, -0.25) is 9.78 Å². The second-order valence-corrected chi connectivity index (χ2v) is 8.99. The molecule has 1 amide bonds. The molecule has 0 saturated carbocycles. The fourth-order valence-corrected chi connectivity index (χ4v) is 5.00. The summed E-state index contributed by atoms with van der Waals surface area (Å²) in [7, 11) is 0. The number of hydrogen-bond acceptors (Lipinski definition) is 3. The Bertz CT molecular complexity index is 1290. The number of aromatic nitrogens is 2. The van der Waals surface area contributed by atoms with Gasteiger partial charge in [0.15, 0.2) is 0 Å². The molecule has 5 nitrogen and oxygen atoms in total. The van der Waals surface area contributed by atoms with Crippen LogP contribution in [-0.2, 0) is 19.5 Å². The van der Waals surface area contributed by atoms with Crippen LogP contribution in [-0.4, -0.2) is 33.4 Å². The predicted octanol–water partition coefficient (Wildman–Crippen LogP) is 4.90. The molecule has 1 aliphatic heterocycles. The van der Waals surface area contributed by atoms with Crippen LogP contribution in [0.3, 0.4) is 0 Å². The van der Waals surface area contributed by atoms with Crippen LogP contribution in [0.15, 0.2) is 73.2 Å². The van der Waals surface area contributed by atoms with E-state index in [-0.39, 0.29) is 17.6 Å². The molecular formula is C28H29FN4O. The van der Waals surface area contributed by atoms with Crippen LogP contribution in [0.2, 0.25) is 0 Å². The van der Waals surface area contributed by atoms with Gasteiger partial charge in [-0.15, -0.1) is 0 Å². The van der Waals surface area contributed by atoms with E-state index in [0.717, 1.165) is 53.4 Å². The first-order valence-corrected chi connectivity index (χ1v) is 11.9. The van der Waals surface area contributed by atoms with Gasteiger partial charge in [0.05, 0.1) is 5.56 Å². The Morgan fingerprint density at radius 1 is 1.03 bits per heavy atom. The van der Waals surface area contributed by atoms with E-state index in [2.05, 4.69) is 15.6 Å². The van der Waals surface area contributed by atoms with Crippen molar-refractivity contribution in [3.63, 3.8) is 0 Å². The minimum absolute atomic E-state index is 0.0495. The number of hydrogen-bond donors (Lipinski definition) is 1. The van der Waals surface area contributed by atoms with Crippen LogP contribution in [0, 0.1) is 5.82 Å². The molecule has 0 atom stereocenters. The molecule has 0 aliphatic carbocycles. The number of amides is 1. The molecule has 4 aromatic rings. The minimum Gasteiger partial charge on any atom is -0.346 e. The number of piperidine rings is 1. The minimum atomic E-state index is -0.181. The number of carbonyl (C=O) groups is 1. The van der Waals surface area contributed by atoms with E-state index in [1.54, 1.807) is 18.5 Å². The third kappa shape index (κ3) is 4.46. The number of halogens is 1. The zero-order valence-electron chi connectivity index (χ0n) is 19.2. The Hall–Kier alpha value is -3.51. The summed E-state index contributed by atoms with van der Waals surface area (Å²) in [4.78, 5) is 19.5. The zero-order valence-corrected chi connectivity index (χ0v) is 19.2. The van der Waals surface area contributed by atoms with Crippen molar-refractivity contribution in [2.24, 2.45) is 5.73 Å². The van der Waals surface area contributed by atoms with E-state index in [1.807, 2.05) is 47.5 Å². The third-order valence-electron chi connectivity index (χ3n) is 6.93. The molecule has 0 bridgehead atoms. The summed E-state index contributed by atoms with van der Waals surface area (Å²) in [5, 5.41) is 0.978. The Labute approximate surface area is 199 Å². The number of likely N-dealkylation sites (tertiary alicyclic amines) is 1. The molecular weight excluding hydrogens is 427 g/mol. The fraction of sp³-hybridized carbons (Fsp3) is 0.286. The highest BCUT2D eigenvalue weighted by molar-refractivity contribution is 6.07. The average molecular weight is 457 g/mol. The molecule has 3 heterocycles. The van der Waals surface area contributed by atoms with E-state index >= 15 is 0 Å². The van der Waals surface area contributed by atoms with Gasteiger partial charge in [0.2, 0.25) is 0 Å². The topological polar surface area (TPSA) is 64.2 Å². The largest absolute Gasteiger partial charge is 0.346 e. The Morgan fingerprint density at radius 3 is 2.56 bits per heavy atom. The molecule has 0 unspecified atom stereocenters. The predicted molar refractivity (Wildman–Crippen MR) is 132 cm³/mol. The normalized spacial score (nSPS) is 14.6. The van der Waals surface area contributed by atoms with E-state index < -0.39 is 0 Å². The summed E-state index contributed by atoms with van der Waals surface area (Å²) in [5.41, 5.74) is 10.4. The maximum absolute atomic E-state index is 14.5. The second kappa shape index (κ2) is 9.77. The average Bonchev–Trinajstić information content (AvgIpc) is 3.27. The van der Waals surface area contributed by atoms with Gasteiger partial charge in [0, 0.05) is 55.7 Å². The summed E-state index contributed by atoms with van der Waals surface area (Å²) >= 11 is 0. The number of rotatable bonds is 6. The lowest BCUT2D eigenvalue weighted by Crippen LogP contribution is -2.38. The SMILES string of the molecule is NCc1ccc(F)c(C2CCN(C(=O)c3cn(CCc4ccncc4)c4ccccc34)CC2)c1. The first-order chi connectivity index (χ1) is 16.6. The number of nitrogens with zero attached hydrogens (tertiary/aromatic N) is 3. The van der Waals surface area contributed by atoms with Crippen molar-refractivity contribution in [3.8, 4) is 0 Å². The van der Waals surface area contributed by atoms with Gasteiger partial charge >= 0.3 is 0 Å². The van der Waals surface area contributed by atoms with Crippen molar-refractivity contribution < 1.29 is 9.18 Å². The van der Waals surface area contributed by atoms with E-state index in [0.29, 0.717) is 19.6 Å². The summed E-state index contributed by atoms with van der Waals surface area (Å²) in [5.74, 6) is -0.0232. The summed E-state index contributed by atoms with van der Waals surface area (Å²) in [6.07, 6.45) is 7.96. The van der Waals surface area contributed by atoms with Crippen molar-refractivity contribution in [1.82, 2.24) is 14.5 Å². The number of nitrogens with two attached hydrogens (primary N) is 1. The van der Waals surface area contributed by atoms with Gasteiger partial charge in [-0.25, -0.2) is 4.39 Å². The third-order valence-corrected chi connectivity index (χ3v) is 6.93. The Balaban J connectivity index is 1.32. The molecule has 0 radical (unpaired) electrons. The number of benzene rings is 2. The second-order valence-electron chi connectivity index (χ2n) is 8.99. The van der Waals surface area contributed by atoms with E-state index in [1.165, 1.54) is 11.6 Å². The first kappa shape index (κ1) is 22.3. The van der Waals surface area contributed by atoms with Crippen LogP contribution in [0.4, 0.5) is 4.39 Å². The maximum atomic E-state index is 14.5. The molecule has 174 valence electrons. The first-order valence-electron chi connectivity index (χ1n) is 11.9. The van der Waals surface area contributed by atoms with Crippen molar-refractivity contribution in [3.05, 3.63) is 101 Å². The van der Waals surface area contributed by atoms with Gasteiger partial charge < -0.3 is 15.2 Å². The van der Waals surface area contributed by atoms with Gasteiger partial charge in [-0.1, -0.05) is 30.3 Å². The van der Waals surface area contributed by atoms with Gasteiger partial charge in [-0.05, 0) is 66.1 Å². The standard InChI is InChI=1S/C28H29FN4O/c29-26-6-5-21(18-30)17-24(26)22-10-15-32(16-11-22)28(34)25-19-33(27-4-2-1-3-23(25)27)14-9-20-7-12-31-13-8-20/h1-8,12-13,17,19,22H,9-11,14-16,18,30H2. The van der Waals surface area contributed by atoms with Crippen LogP contribution >= 0.6 is 0 Å². The maximum Gasteiger partial charge on any atom is 0.256 e. The van der Waals surface area contributed by atoms with Crippen molar-refractivity contribution in [2.45, 2.75) is 38.3 Å². The lowest BCUT2D eigenvalue weighted by atomic mass is 9.88. The number of carbonyl (C=O) groups excluding carboxylic acids is 1. The monoisotopic (exact) mass is 456 g/mol. The van der Waals surface area contributed by atoms with Gasteiger partial charge in [0.1, 0.15) is 5.82 Å². The molecule has 34 heavy (non-hydrogen) atoms. The molecule has 2 aromatic carbocycles. The lowest BCUT2D eigenvalue weighted by molar-refractivity contribution is 0.0714. The van der Waals surface area contributed by atoms with Crippen molar-refractivity contribution in [2.75, 3.05) is 13.1 Å². The van der Waals surface area contributed by atoms with Crippen LogP contribution in [0.25, 0.3) is 10.9 Å². The molecule has 1 fully saturated rings. The highest BCUT2D eigenvalue weighted by atomic mass is 19.1. The molecule has 0 spiro atoms. The lowest BCUT2D eigenvalue weighted by Gasteiger charge is -2.32. The smallest absolute Gasteiger partial charge is 0.256 e. The van der Waals surface area contributed by atoms with Crippen LogP contribution in [0.1, 0.15) is 45.8 Å². The van der Waals surface area contributed by atoms with Gasteiger partial charge in [-0.2, -0.15) is 0 Å². The number of aryl methyl sites for hydroxylation is 2. The fourth-order valence-electron chi connectivity index (χ4n) is 5.00. The molecule has 5 rings (SSSR count). The highest BCUT2D eigenvalue weighted by Crippen LogP contribution is 2.32. The summed E-state index contributed by atoms with van der Waals surface area (Å²) in [6.45, 7) is 2.42. The summed E-state index contributed by atoms with van der Waals surface area (Å²) < 4.78 is 16.6. The highest BCUT2D eigenvalue weighted by Gasteiger charge is 2.28. The number of fused-ring (bicyclic) bond motifs is 1. The van der Waals surface area contributed by atoms with Crippen LogP contribution < -0.4 is 5.73 Å². The quantitative estimate of drug-likeness (QED) is 0.449. The Kier molecular flexibility index (Phi) is 6.41. The zero-order chi connectivity index (χ0) is 23.5. The molecule has 2 N–H and O–H groups in total. The number of para-hydroxylation sites is 1.